The number of nitrogens with zero attached hydrogens (tertiary/aromatic N) is 1. The molecule has 0 bridgehead atoms. The van der Waals surface area contributed by atoms with Gasteiger partial charge in [0.1, 0.15) is 24.7 Å². The summed E-state index contributed by atoms with van der Waals surface area (Å²) in [5.74, 6) is 2.43. The summed E-state index contributed by atoms with van der Waals surface area (Å²) in [6.07, 6.45) is 1.70. The smallest absolute Gasteiger partial charge is 0.293 e. The first-order chi connectivity index (χ1) is 17.0. The molecule has 3 aromatic rings. The molecule has 7 nitrogen and oxygen atoms in total. The maximum Gasteiger partial charge on any atom is 0.293 e. The Balaban J connectivity index is 1.15. The molecule has 3 aromatic carbocycles. The Bertz CT molecular complexity index is 1280. The number of hydrogen-bond donors (Lipinski definition) is 0. The van der Waals surface area contributed by atoms with E-state index < -0.39 is 0 Å². The minimum absolute atomic E-state index is 0.164. The maximum atomic E-state index is 12.7. The van der Waals surface area contributed by atoms with Crippen molar-refractivity contribution in [3.63, 3.8) is 0 Å². The van der Waals surface area contributed by atoms with Gasteiger partial charge in [0.25, 0.3) is 11.1 Å². The standard InChI is InChI=1S/C26H20ClNO6S/c27-19-4-8-20(9-5-19)31-12-11-28-25(29)24(35-26(28)30)14-17-1-6-21(7-2-17)32-15-18-3-10-22-23(13-18)34-16-33-22/h1-10,13-14H,11-12,15-16H2/b24-14-. The number of carbonyl (C=O) groups excluding carboxylic acids is 2. The predicted molar refractivity (Wildman–Crippen MR) is 133 cm³/mol. The Hall–Kier alpha value is -3.62. The molecule has 2 aliphatic heterocycles. The topological polar surface area (TPSA) is 74.3 Å². The molecule has 2 heterocycles. The largest absolute Gasteiger partial charge is 0.492 e. The first-order valence-corrected chi connectivity index (χ1v) is 12.0. The Kier molecular flexibility index (Phi) is 6.83. The second kappa shape index (κ2) is 10.3. The van der Waals surface area contributed by atoms with E-state index in [1.807, 2.05) is 42.5 Å². The lowest BCUT2D eigenvalue weighted by atomic mass is 10.2. The molecule has 0 saturated carbocycles. The number of hydrogen-bond acceptors (Lipinski definition) is 7. The van der Waals surface area contributed by atoms with Gasteiger partial charge in [-0.05, 0) is 77.5 Å². The molecular weight excluding hydrogens is 490 g/mol. The minimum atomic E-state index is -0.331. The molecule has 2 amide bonds. The van der Waals surface area contributed by atoms with Gasteiger partial charge in [0.15, 0.2) is 11.5 Å². The van der Waals surface area contributed by atoms with Crippen LogP contribution in [0, 0.1) is 0 Å². The van der Waals surface area contributed by atoms with E-state index in [4.69, 9.17) is 30.5 Å². The summed E-state index contributed by atoms with van der Waals surface area (Å²) in [7, 11) is 0. The lowest BCUT2D eigenvalue weighted by Gasteiger charge is -2.13. The summed E-state index contributed by atoms with van der Waals surface area (Å²) < 4.78 is 22.2. The lowest BCUT2D eigenvalue weighted by molar-refractivity contribution is -0.123. The van der Waals surface area contributed by atoms with E-state index in [1.165, 1.54) is 4.90 Å². The summed E-state index contributed by atoms with van der Waals surface area (Å²) in [6, 6.07) is 19.9. The molecule has 0 atom stereocenters. The van der Waals surface area contributed by atoms with Crippen molar-refractivity contribution in [1.82, 2.24) is 4.90 Å². The van der Waals surface area contributed by atoms with E-state index in [9.17, 15) is 9.59 Å². The highest BCUT2D eigenvalue weighted by Crippen LogP contribution is 2.34. The van der Waals surface area contributed by atoms with Crippen molar-refractivity contribution in [2.45, 2.75) is 6.61 Å². The van der Waals surface area contributed by atoms with Crippen LogP contribution in [0.4, 0.5) is 4.79 Å². The molecule has 2 aliphatic rings. The van der Waals surface area contributed by atoms with Crippen molar-refractivity contribution in [3.8, 4) is 23.0 Å². The Morgan fingerprint density at radius 2 is 1.63 bits per heavy atom. The van der Waals surface area contributed by atoms with Crippen molar-refractivity contribution < 1.29 is 28.5 Å². The third-order valence-electron chi connectivity index (χ3n) is 5.29. The van der Waals surface area contributed by atoms with Gasteiger partial charge >= 0.3 is 0 Å². The number of benzene rings is 3. The molecule has 1 saturated heterocycles. The highest BCUT2D eigenvalue weighted by molar-refractivity contribution is 8.18. The fraction of sp³-hybridized carbons (Fsp3) is 0.154. The third-order valence-corrected chi connectivity index (χ3v) is 6.45. The molecule has 0 radical (unpaired) electrons. The van der Waals surface area contributed by atoms with Crippen molar-refractivity contribution in [3.05, 3.63) is 87.8 Å². The van der Waals surface area contributed by atoms with Gasteiger partial charge < -0.3 is 18.9 Å². The number of ether oxygens (including phenoxy) is 4. The summed E-state index contributed by atoms with van der Waals surface area (Å²) >= 11 is 6.78. The molecule has 0 unspecified atom stereocenters. The Morgan fingerprint density at radius 1 is 0.914 bits per heavy atom. The van der Waals surface area contributed by atoms with Gasteiger partial charge in [-0.3, -0.25) is 14.5 Å². The number of amides is 2. The van der Waals surface area contributed by atoms with E-state index in [-0.39, 0.29) is 31.1 Å². The highest BCUT2D eigenvalue weighted by atomic mass is 35.5. The van der Waals surface area contributed by atoms with E-state index in [0.717, 1.165) is 28.6 Å². The van der Waals surface area contributed by atoms with E-state index in [0.29, 0.717) is 33.8 Å². The van der Waals surface area contributed by atoms with Crippen LogP contribution in [-0.4, -0.2) is 36.0 Å². The van der Waals surface area contributed by atoms with Gasteiger partial charge in [0.05, 0.1) is 11.4 Å². The number of imide groups is 1. The van der Waals surface area contributed by atoms with Crippen molar-refractivity contribution in [2.75, 3.05) is 19.9 Å². The minimum Gasteiger partial charge on any atom is -0.492 e. The molecular formula is C26H20ClNO6S. The summed E-state index contributed by atoms with van der Waals surface area (Å²) in [5.41, 5.74) is 1.76. The quantitative estimate of drug-likeness (QED) is 0.357. The molecule has 1 fully saturated rings. The average molecular weight is 510 g/mol. The second-order valence-corrected chi connectivity index (χ2v) is 9.11. The first kappa shape index (κ1) is 23.1. The van der Waals surface area contributed by atoms with Gasteiger partial charge in [-0.2, -0.15) is 0 Å². The van der Waals surface area contributed by atoms with Gasteiger partial charge in [-0.15, -0.1) is 0 Å². The van der Waals surface area contributed by atoms with Crippen LogP contribution < -0.4 is 18.9 Å². The van der Waals surface area contributed by atoms with Crippen LogP contribution in [0.25, 0.3) is 6.08 Å². The first-order valence-electron chi connectivity index (χ1n) is 10.8. The normalized spacial score (nSPS) is 15.7. The molecule has 35 heavy (non-hydrogen) atoms. The number of halogens is 1. The Morgan fingerprint density at radius 3 is 2.43 bits per heavy atom. The van der Waals surface area contributed by atoms with E-state index in [1.54, 1.807) is 30.3 Å². The summed E-state index contributed by atoms with van der Waals surface area (Å²) in [4.78, 5) is 26.6. The molecule has 178 valence electrons. The van der Waals surface area contributed by atoms with Crippen LogP contribution in [0.1, 0.15) is 11.1 Å². The van der Waals surface area contributed by atoms with Crippen LogP contribution in [0.2, 0.25) is 5.02 Å². The predicted octanol–water partition coefficient (Wildman–Crippen LogP) is 5.76. The average Bonchev–Trinajstić information content (AvgIpc) is 3.44. The number of fused-ring (bicyclic) bond motifs is 1. The number of rotatable bonds is 8. The molecule has 9 heteroatoms. The third kappa shape index (κ3) is 5.55. The zero-order valence-corrected chi connectivity index (χ0v) is 20.0. The van der Waals surface area contributed by atoms with Crippen LogP contribution in [0.3, 0.4) is 0 Å². The van der Waals surface area contributed by atoms with Crippen molar-refractivity contribution >= 4 is 40.6 Å². The fourth-order valence-corrected chi connectivity index (χ4v) is 4.48. The van der Waals surface area contributed by atoms with Crippen LogP contribution in [0.15, 0.2) is 71.6 Å². The summed E-state index contributed by atoms with van der Waals surface area (Å²) in [6.45, 7) is 0.977. The molecule has 5 rings (SSSR count). The Labute approximate surface area is 211 Å². The van der Waals surface area contributed by atoms with Crippen molar-refractivity contribution in [1.29, 1.82) is 0 Å². The lowest BCUT2D eigenvalue weighted by Crippen LogP contribution is -2.32. The van der Waals surface area contributed by atoms with Crippen LogP contribution >= 0.6 is 23.4 Å². The van der Waals surface area contributed by atoms with Gasteiger partial charge in [-0.1, -0.05) is 29.8 Å². The van der Waals surface area contributed by atoms with E-state index >= 15 is 0 Å². The van der Waals surface area contributed by atoms with Crippen molar-refractivity contribution in [2.24, 2.45) is 0 Å². The zero-order valence-electron chi connectivity index (χ0n) is 18.4. The second-order valence-electron chi connectivity index (χ2n) is 7.68. The molecule has 0 N–H and O–H groups in total. The van der Waals surface area contributed by atoms with Gasteiger partial charge in [-0.25, -0.2) is 0 Å². The van der Waals surface area contributed by atoms with Gasteiger partial charge in [0, 0.05) is 5.02 Å². The highest BCUT2D eigenvalue weighted by Gasteiger charge is 2.34. The maximum absolute atomic E-state index is 12.7. The van der Waals surface area contributed by atoms with Crippen LogP contribution in [-0.2, 0) is 11.4 Å². The molecule has 0 aliphatic carbocycles. The molecule has 0 spiro atoms. The zero-order chi connectivity index (χ0) is 24.2. The van der Waals surface area contributed by atoms with Gasteiger partial charge in [0.2, 0.25) is 6.79 Å². The summed E-state index contributed by atoms with van der Waals surface area (Å²) in [5, 5.41) is 0.294. The molecule has 0 aromatic heterocycles. The monoisotopic (exact) mass is 509 g/mol. The number of carbonyl (C=O) groups is 2. The fourth-order valence-electron chi connectivity index (χ4n) is 3.49. The SMILES string of the molecule is O=C1S/C(=C\c2ccc(OCc3ccc4c(c3)OCO4)cc2)C(=O)N1CCOc1ccc(Cl)cc1. The van der Waals surface area contributed by atoms with E-state index in [2.05, 4.69) is 0 Å². The number of thioether (sulfide) groups is 1. The van der Waals surface area contributed by atoms with Crippen LogP contribution in [0.5, 0.6) is 23.0 Å².